The number of nitrogens with zero attached hydrogens (tertiary/aromatic N) is 8. The van der Waals surface area contributed by atoms with Crippen molar-refractivity contribution in [3.8, 4) is 22.5 Å². The molecule has 74 heavy (non-hydrogen) atoms. The predicted molar refractivity (Wildman–Crippen MR) is 273 cm³/mol. The van der Waals surface area contributed by atoms with E-state index in [-0.39, 0.29) is 53.8 Å². The van der Waals surface area contributed by atoms with Crippen LogP contribution in [0, 0.1) is 37.1 Å². The van der Waals surface area contributed by atoms with Gasteiger partial charge in [0.2, 0.25) is 11.1 Å². The van der Waals surface area contributed by atoms with E-state index in [9.17, 15) is 40.9 Å². The summed E-state index contributed by atoms with van der Waals surface area (Å²) < 4.78 is 71.7. The van der Waals surface area contributed by atoms with Crippen LogP contribution in [0.3, 0.4) is 0 Å². The van der Waals surface area contributed by atoms with Gasteiger partial charge in [0, 0.05) is 77.9 Å². The highest BCUT2D eigenvalue weighted by Crippen LogP contribution is 2.41. The number of carbonyl (C=O) groups is 4. The fourth-order valence-corrected chi connectivity index (χ4v) is 8.99. The van der Waals surface area contributed by atoms with Crippen molar-refractivity contribution in [1.29, 1.82) is 0 Å². The molecule has 4 aromatic carbocycles. The molecule has 0 radical (unpaired) electrons. The van der Waals surface area contributed by atoms with Crippen molar-refractivity contribution < 1.29 is 40.9 Å². The molecular formula is C52H54F4N12O5S. The highest BCUT2D eigenvalue weighted by molar-refractivity contribution is 7.84. The van der Waals surface area contributed by atoms with Crippen molar-refractivity contribution in [2.24, 2.45) is 0 Å². The van der Waals surface area contributed by atoms with E-state index in [0.717, 1.165) is 58.3 Å². The molecule has 0 bridgehead atoms. The Kier molecular flexibility index (Phi) is 15.4. The van der Waals surface area contributed by atoms with Crippen LogP contribution in [0.5, 0.6) is 0 Å². The van der Waals surface area contributed by atoms with Crippen molar-refractivity contribution >= 4 is 63.6 Å². The number of urea groups is 2. The number of aryl methyl sites for hydroxylation is 2. The summed E-state index contributed by atoms with van der Waals surface area (Å²) in [6, 6.07) is 15.5. The number of fused-ring (bicyclic) bond motifs is 2. The Hall–Kier alpha value is -7.85. The maximum Gasteiger partial charge on any atom is 0.328 e. The number of carbonyl (C=O) groups excluding carboxylic acids is 4. The van der Waals surface area contributed by atoms with Gasteiger partial charge in [-0.05, 0) is 108 Å². The number of hydrogen-bond acceptors (Lipinski definition) is 11. The summed E-state index contributed by atoms with van der Waals surface area (Å²) in [5.74, 6) is -3.83. The van der Waals surface area contributed by atoms with Gasteiger partial charge in [-0.1, -0.05) is 24.3 Å². The first kappa shape index (κ1) is 52.5. The fraction of sp³-hybridized carbons (Fsp3) is 0.308. The lowest BCUT2D eigenvalue weighted by Crippen LogP contribution is -2.46. The van der Waals surface area contributed by atoms with Gasteiger partial charge in [0.1, 0.15) is 34.6 Å². The molecule has 6 aromatic rings. The molecule has 2 aromatic heterocycles. The molecule has 9 rings (SSSR count). The second-order valence-electron chi connectivity index (χ2n) is 18.5. The number of aromatic nitrogens is 4. The molecule has 1 unspecified atom stereocenters. The van der Waals surface area contributed by atoms with Crippen LogP contribution in [0.15, 0.2) is 78.0 Å². The first-order valence-corrected chi connectivity index (χ1v) is 25.2. The third-order valence-electron chi connectivity index (χ3n) is 12.3. The molecule has 6 amide bonds. The SMILES string of the molecule is Cc1ccc(C(=O)NC(C)C)cc1-c1nc(N2CCN(C)CC2)nc2c1CNC(=O)N2c1c(F)cccc1F.Cc1ccc(C(=O)NC(C)C)cc1-c1nc(S(C)=O)nc2c1CNC(=O)N2c1c(F)cccc1F. The van der Waals surface area contributed by atoms with E-state index in [1.165, 1.54) is 18.4 Å². The highest BCUT2D eigenvalue weighted by Gasteiger charge is 2.37. The molecule has 1 fully saturated rings. The fourth-order valence-electron chi connectivity index (χ4n) is 8.56. The van der Waals surface area contributed by atoms with E-state index >= 15 is 0 Å². The summed E-state index contributed by atoms with van der Waals surface area (Å²) in [7, 11) is 0.348. The molecule has 5 heterocycles. The van der Waals surface area contributed by atoms with Crippen LogP contribution in [-0.2, 0) is 23.9 Å². The maximum atomic E-state index is 15.0. The summed E-state index contributed by atoms with van der Waals surface area (Å²) in [5.41, 5.74) is 4.19. The first-order valence-electron chi connectivity index (χ1n) is 23.7. The smallest absolute Gasteiger partial charge is 0.328 e. The molecule has 0 spiro atoms. The van der Waals surface area contributed by atoms with Crippen LogP contribution in [0.1, 0.15) is 70.7 Å². The van der Waals surface area contributed by atoms with Crippen LogP contribution in [0.25, 0.3) is 22.5 Å². The maximum absolute atomic E-state index is 15.0. The Morgan fingerprint density at radius 1 is 0.622 bits per heavy atom. The zero-order valence-corrected chi connectivity index (χ0v) is 42.7. The zero-order valence-electron chi connectivity index (χ0n) is 41.9. The second-order valence-corrected chi connectivity index (χ2v) is 19.8. The van der Waals surface area contributed by atoms with E-state index in [0.29, 0.717) is 63.8 Å². The van der Waals surface area contributed by atoms with Gasteiger partial charge in [0.15, 0.2) is 11.6 Å². The van der Waals surface area contributed by atoms with E-state index in [2.05, 4.69) is 36.1 Å². The number of likely N-dealkylation sites (N-methyl/N-ethyl adjacent to an activating group) is 1. The molecule has 17 nitrogen and oxygen atoms in total. The molecule has 0 aliphatic carbocycles. The number of halogens is 4. The van der Waals surface area contributed by atoms with Crippen LogP contribution in [-0.4, -0.2) is 104 Å². The lowest BCUT2D eigenvalue weighted by atomic mass is 9.97. The summed E-state index contributed by atoms with van der Waals surface area (Å²) in [6.07, 6.45) is 1.36. The van der Waals surface area contributed by atoms with Crippen LogP contribution >= 0.6 is 0 Å². The minimum Gasteiger partial charge on any atom is -0.350 e. The number of benzene rings is 4. The third kappa shape index (κ3) is 10.8. The van der Waals surface area contributed by atoms with Gasteiger partial charge >= 0.3 is 12.1 Å². The molecule has 1 atom stereocenters. The molecule has 0 saturated carbocycles. The monoisotopic (exact) mass is 1030 g/mol. The summed E-state index contributed by atoms with van der Waals surface area (Å²) >= 11 is 0. The second kappa shape index (κ2) is 21.7. The van der Waals surface area contributed by atoms with Crippen molar-refractivity contribution in [3.05, 3.63) is 129 Å². The Bertz CT molecular complexity index is 3200. The van der Waals surface area contributed by atoms with Gasteiger partial charge in [-0.2, -0.15) is 4.98 Å². The lowest BCUT2D eigenvalue weighted by Gasteiger charge is -2.35. The number of amides is 6. The van der Waals surface area contributed by atoms with Crippen LogP contribution < -0.4 is 36.0 Å². The minimum absolute atomic E-state index is 0.0332. The van der Waals surface area contributed by atoms with Crippen LogP contribution in [0.4, 0.5) is 56.1 Å². The molecule has 3 aliphatic rings. The van der Waals surface area contributed by atoms with Gasteiger partial charge in [-0.15, -0.1) is 0 Å². The number of hydrogen-bond donors (Lipinski definition) is 4. The Morgan fingerprint density at radius 3 is 1.46 bits per heavy atom. The Morgan fingerprint density at radius 2 is 1.04 bits per heavy atom. The number of piperazine rings is 1. The number of nitrogens with one attached hydrogen (secondary N) is 4. The topological polar surface area (TPSA) is 198 Å². The van der Waals surface area contributed by atoms with E-state index in [1.54, 1.807) is 30.3 Å². The Labute approximate surface area is 427 Å². The zero-order chi connectivity index (χ0) is 53.3. The summed E-state index contributed by atoms with van der Waals surface area (Å²) in [4.78, 5) is 75.6. The predicted octanol–water partition coefficient (Wildman–Crippen LogP) is 7.95. The van der Waals surface area contributed by atoms with Crippen LogP contribution in [0.2, 0.25) is 0 Å². The lowest BCUT2D eigenvalue weighted by molar-refractivity contribution is 0.0934. The standard InChI is InChI=1S/C28H31F2N7O2.C24H23F2N5O3S/c1-16(2)32-26(38)18-9-8-17(3)19(14-18)23-20-15-31-28(39)37(24-21(29)6-5-7-22(24)30)25(20)34-27(33-23)36-12-10-35(4)11-13-36;1-12(2)28-22(32)14-9-8-13(3)15(10-14)19-16-11-27-24(33)31(20-17(25)6-5-7-18(20)26)21(16)30-23(29-19)35(4)34/h5-9,14,16H,10-13,15H2,1-4H3,(H,31,39)(H,32,38);5-10,12H,11H2,1-4H3,(H,27,33)(H,28,32). The quantitative estimate of drug-likeness (QED) is 0.0768. The first-order chi connectivity index (χ1) is 35.2. The van der Waals surface area contributed by atoms with E-state index < -0.39 is 57.5 Å². The van der Waals surface area contributed by atoms with E-state index in [1.807, 2.05) is 59.6 Å². The highest BCUT2D eigenvalue weighted by atomic mass is 32.2. The van der Waals surface area contributed by atoms with Gasteiger partial charge < -0.3 is 31.1 Å². The van der Waals surface area contributed by atoms with Crippen molar-refractivity contribution in [2.75, 3.05) is 54.2 Å². The number of anilines is 5. The molecule has 386 valence electrons. The van der Waals surface area contributed by atoms with Crippen molar-refractivity contribution in [1.82, 2.24) is 46.1 Å². The largest absolute Gasteiger partial charge is 0.350 e. The van der Waals surface area contributed by atoms with Crippen molar-refractivity contribution in [3.63, 3.8) is 0 Å². The Balaban J connectivity index is 0.000000198. The van der Waals surface area contributed by atoms with Crippen molar-refractivity contribution in [2.45, 2.75) is 71.9 Å². The number of rotatable bonds is 10. The normalized spacial score (nSPS) is 14.9. The average Bonchev–Trinajstić information content (AvgIpc) is 3.34. The average molecular weight is 1040 g/mol. The molecule has 1 saturated heterocycles. The van der Waals surface area contributed by atoms with Gasteiger partial charge in [0.25, 0.3) is 11.8 Å². The number of para-hydroxylation sites is 2. The summed E-state index contributed by atoms with van der Waals surface area (Å²) in [5, 5.41) is 10.9. The van der Waals surface area contributed by atoms with Gasteiger partial charge in [-0.25, -0.2) is 51.9 Å². The van der Waals surface area contributed by atoms with Gasteiger partial charge in [-0.3, -0.25) is 13.8 Å². The van der Waals surface area contributed by atoms with Gasteiger partial charge in [0.05, 0.1) is 35.3 Å². The molecule has 4 N–H and O–H groups in total. The van der Waals surface area contributed by atoms with E-state index in [4.69, 9.17) is 9.97 Å². The molecular weight excluding hydrogens is 981 g/mol. The summed E-state index contributed by atoms with van der Waals surface area (Å²) in [6.45, 7) is 14.0. The minimum atomic E-state index is -1.68. The molecule has 22 heteroatoms. The third-order valence-corrected chi connectivity index (χ3v) is 13.0. The molecule has 3 aliphatic heterocycles.